The van der Waals surface area contributed by atoms with Crippen LogP contribution in [0.4, 0.5) is 5.82 Å². The maximum absolute atomic E-state index is 13.1. The smallest absolute Gasteiger partial charge is 0.253 e. The molecule has 0 bridgehead atoms. The maximum atomic E-state index is 13.1. The van der Waals surface area contributed by atoms with Crippen molar-refractivity contribution < 1.29 is 4.79 Å². The number of hydrogen-bond donors (Lipinski definition) is 0. The highest BCUT2D eigenvalue weighted by molar-refractivity contribution is 6.42. The van der Waals surface area contributed by atoms with Gasteiger partial charge in [0.15, 0.2) is 0 Å². The van der Waals surface area contributed by atoms with Crippen LogP contribution in [0, 0.1) is 20.8 Å². The molecule has 1 aromatic heterocycles. The molecule has 7 heteroatoms. The zero-order valence-electron chi connectivity index (χ0n) is 19.2. The molecule has 33 heavy (non-hydrogen) atoms. The zero-order chi connectivity index (χ0) is 23.5. The topological polar surface area (TPSA) is 49.3 Å². The molecule has 5 nitrogen and oxygen atoms in total. The summed E-state index contributed by atoms with van der Waals surface area (Å²) in [7, 11) is 0. The summed E-state index contributed by atoms with van der Waals surface area (Å²) in [6.45, 7) is 8.93. The number of aromatic nitrogens is 2. The summed E-state index contributed by atoms with van der Waals surface area (Å²) in [6.07, 6.45) is 1.64. The summed E-state index contributed by atoms with van der Waals surface area (Å²) in [4.78, 5) is 26.8. The number of rotatable bonds is 4. The van der Waals surface area contributed by atoms with Crippen LogP contribution in [-0.4, -0.2) is 47.0 Å². The lowest BCUT2D eigenvalue weighted by molar-refractivity contribution is 0.0767. The van der Waals surface area contributed by atoms with Crippen molar-refractivity contribution in [2.45, 2.75) is 33.6 Å². The number of benzene rings is 2. The van der Waals surface area contributed by atoms with Gasteiger partial charge in [-0.15, -0.1) is 0 Å². The highest BCUT2D eigenvalue weighted by atomic mass is 35.5. The van der Waals surface area contributed by atoms with Gasteiger partial charge in [-0.05, 0) is 51.0 Å². The molecule has 4 rings (SSSR count). The third-order valence-electron chi connectivity index (χ3n) is 6.05. The van der Waals surface area contributed by atoms with Gasteiger partial charge in [0.2, 0.25) is 0 Å². The minimum Gasteiger partial charge on any atom is -0.354 e. The number of halogens is 2. The SMILES string of the molecule is Cc1ccc(Cc2c(C)nc(C)nc2N2CCCN(C(=O)c3ccc(Cl)c(Cl)c3)CC2)cc1. The number of aryl methyl sites for hydroxylation is 3. The van der Waals surface area contributed by atoms with E-state index in [4.69, 9.17) is 28.2 Å². The fourth-order valence-corrected chi connectivity index (χ4v) is 4.54. The second-order valence-corrected chi connectivity index (χ2v) is 9.40. The first kappa shape index (κ1) is 23.5. The minimum atomic E-state index is -0.0228. The molecular formula is C26H28Cl2N4O. The van der Waals surface area contributed by atoms with Gasteiger partial charge < -0.3 is 9.80 Å². The number of hydrogen-bond acceptors (Lipinski definition) is 4. The summed E-state index contributed by atoms with van der Waals surface area (Å²) < 4.78 is 0. The van der Waals surface area contributed by atoms with E-state index in [1.165, 1.54) is 11.1 Å². The number of nitrogens with zero attached hydrogens (tertiary/aromatic N) is 4. The molecule has 0 saturated carbocycles. The first-order chi connectivity index (χ1) is 15.8. The third kappa shape index (κ3) is 5.48. The van der Waals surface area contributed by atoms with E-state index in [0.717, 1.165) is 42.3 Å². The Morgan fingerprint density at radius 2 is 1.67 bits per heavy atom. The van der Waals surface area contributed by atoms with Crippen LogP contribution in [0.1, 0.15) is 45.0 Å². The largest absolute Gasteiger partial charge is 0.354 e. The van der Waals surface area contributed by atoms with Crippen molar-refractivity contribution >= 4 is 34.9 Å². The molecule has 3 aromatic rings. The van der Waals surface area contributed by atoms with E-state index >= 15 is 0 Å². The molecule has 0 atom stereocenters. The van der Waals surface area contributed by atoms with Crippen LogP contribution in [0.5, 0.6) is 0 Å². The van der Waals surface area contributed by atoms with Crippen molar-refractivity contribution in [1.29, 1.82) is 0 Å². The molecule has 1 saturated heterocycles. The standard InChI is InChI=1S/C26H28Cl2N4O/c1-17-5-7-20(8-6-17)15-22-18(2)29-19(3)30-25(22)31-11-4-12-32(14-13-31)26(33)21-9-10-23(27)24(28)16-21/h5-10,16H,4,11-15H2,1-3H3. The van der Waals surface area contributed by atoms with Crippen LogP contribution >= 0.6 is 23.2 Å². The first-order valence-electron chi connectivity index (χ1n) is 11.2. The summed E-state index contributed by atoms with van der Waals surface area (Å²) in [5.74, 6) is 1.72. The molecular weight excluding hydrogens is 455 g/mol. The number of carbonyl (C=O) groups excluding carboxylic acids is 1. The van der Waals surface area contributed by atoms with Crippen LogP contribution in [-0.2, 0) is 6.42 Å². The van der Waals surface area contributed by atoms with E-state index in [-0.39, 0.29) is 5.91 Å². The summed E-state index contributed by atoms with van der Waals surface area (Å²) in [5.41, 5.74) is 5.20. The lowest BCUT2D eigenvalue weighted by Gasteiger charge is -2.26. The zero-order valence-corrected chi connectivity index (χ0v) is 20.7. The number of carbonyl (C=O) groups is 1. The molecule has 1 amide bonds. The van der Waals surface area contributed by atoms with Gasteiger partial charge in [0.1, 0.15) is 11.6 Å². The molecule has 172 valence electrons. The highest BCUT2D eigenvalue weighted by Crippen LogP contribution is 2.27. The highest BCUT2D eigenvalue weighted by Gasteiger charge is 2.24. The van der Waals surface area contributed by atoms with Gasteiger partial charge in [-0.25, -0.2) is 9.97 Å². The third-order valence-corrected chi connectivity index (χ3v) is 6.79. The molecule has 0 N–H and O–H groups in total. The molecule has 1 fully saturated rings. The second-order valence-electron chi connectivity index (χ2n) is 8.58. The van der Waals surface area contributed by atoms with Gasteiger partial charge in [-0.2, -0.15) is 0 Å². The van der Waals surface area contributed by atoms with Gasteiger partial charge in [0, 0.05) is 49.4 Å². The Bertz CT molecular complexity index is 1160. The van der Waals surface area contributed by atoms with E-state index < -0.39 is 0 Å². The fraction of sp³-hybridized carbons (Fsp3) is 0.346. The van der Waals surface area contributed by atoms with Gasteiger partial charge in [-0.3, -0.25) is 4.79 Å². The quantitative estimate of drug-likeness (QED) is 0.481. The summed E-state index contributed by atoms with van der Waals surface area (Å²) >= 11 is 12.1. The normalized spacial score (nSPS) is 14.3. The van der Waals surface area contributed by atoms with Gasteiger partial charge in [0.05, 0.1) is 10.0 Å². The maximum Gasteiger partial charge on any atom is 0.253 e. The van der Waals surface area contributed by atoms with E-state index in [9.17, 15) is 4.79 Å². The minimum absolute atomic E-state index is 0.0228. The van der Waals surface area contributed by atoms with Crippen molar-refractivity contribution in [1.82, 2.24) is 14.9 Å². The Balaban J connectivity index is 1.55. The second kappa shape index (κ2) is 10.1. The average molecular weight is 483 g/mol. The molecule has 1 aliphatic rings. The Kier molecular flexibility index (Phi) is 7.20. The van der Waals surface area contributed by atoms with Crippen LogP contribution < -0.4 is 4.90 Å². The molecule has 0 radical (unpaired) electrons. The first-order valence-corrected chi connectivity index (χ1v) is 12.0. The van der Waals surface area contributed by atoms with Gasteiger partial charge >= 0.3 is 0 Å². The van der Waals surface area contributed by atoms with Crippen molar-refractivity contribution in [3.8, 4) is 0 Å². The lowest BCUT2D eigenvalue weighted by atomic mass is 10.0. The van der Waals surface area contributed by atoms with E-state index in [2.05, 4.69) is 48.0 Å². The molecule has 2 aromatic carbocycles. The van der Waals surface area contributed by atoms with Gasteiger partial charge in [-0.1, -0.05) is 53.0 Å². The van der Waals surface area contributed by atoms with Crippen LogP contribution in [0.25, 0.3) is 0 Å². The molecule has 1 aliphatic heterocycles. The average Bonchev–Trinajstić information content (AvgIpc) is 3.04. The molecule has 2 heterocycles. The Hall–Kier alpha value is -2.63. The van der Waals surface area contributed by atoms with Crippen molar-refractivity contribution in [2.75, 3.05) is 31.1 Å². The molecule has 0 aliphatic carbocycles. The predicted molar refractivity (Wildman–Crippen MR) is 135 cm³/mol. The van der Waals surface area contributed by atoms with E-state index in [1.54, 1.807) is 18.2 Å². The number of amides is 1. The predicted octanol–water partition coefficient (Wildman–Crippen LogP) is 5.65. The Morgan fingerprint density at radius 1 is 0.909 bits per heavy atom. The summed E-state index contributed by atoms with van der Waals surface area (Å²) in [6, 6.07) is 13.7. The van der Waals surface area contributed by atoms with E-state index in [1.807, 2.05) is 11.8 Å². The van der Waals surface area contributed by atoms with E-state index in [0.29, 0.717) is 35.2 Å². The molecule has 0 unspecified atom stereocenters. The number of anilines is 1. The molecule has 0 spiro atoms. The monoisotopic (exact) mass is 482 g/mol. The summed E-state index contributed by atoms with van der Waals surface area (Å²) in [5, 5.41) is 0.845. The Morgan fingerprint density at radius 3 is 2.39 bits per heavy atom. The van der Waals surface area contributed by atoms with Crippen LogP contribution in [0.2, 0.25) is 10.0 Å². The van der Waals surface area contributed by atoms with Gasteiger partial charge in [0.25, 0.3) is 5.91 Å². The van der Waals surface area contributed by atoms with Crippen LogP contribution in [0.15, 0.2) is 42.5 Å². The van der Waals surface area contributed by atoms with Crippen molar-refractivity contribution in [3.05, 3.63) is 86.3 Å². The Labute approximate surface area is 205 Å². The van der Waals surface area contributed by atoms with Crippen LogP contribution in [0.3, 0.4) is 0 Å². The fourth-order valence-electron chi connectivity index (χ4n) is 4.24. The lowest BCUT2D eigenvalue weighted by Crippen LogP contribution is -2.35. The van der Waals surface area contributed by atoms with Crippen molar-refractivity contribution in [3.63, 3.8) is 0 Å². The van der Waals surface area contributed by atoms with Crippen molar-refractivity contribution in [2.24, 2.45) is 0 Å².